The van der Waals surface area contributed by atoms with Crippen molar-refractivity contribution in [2.75, 3.05) is 33.9 Å². The zero-order chi connectivity index (χ0) is 18.6. The molecule has 140 valence electrons. The Bertz CT molecular complexity index is 677. The monoisotopic (exact) mass is 358 g/mol. The van der Waals surface area contributed by atoms with E-state index in [0.717, 1.165) is 17.7 Å². The van der Waals surface area contributed by atoms with Crippen LogP contribution in [0.2, 0.25) is 0 Å². The number of hydrogen-bond donors (Lipinski definition) is 2. The molecule has 0 bridgehead atoms. The van der Waals surface area contributed by atoms with E-state index in [-0.39, 0.29) is 6.03 Å². The van der Waals surface area contributed by atoms with Crippen LogP contribution in [0.15, 0.2) is 48.5 Å². The number of para-hydroxylation sites is 1. The molecule has 0 atom stereocenters. The SMILES string of the molecule is COc1ccc(CCNC(=O)NCCCOc2ccccc2)cc1OC. The topological polar surface area (TPSA) is 68.8 Å². The number of hydrogen-bond acceptors (Lipinski definition) is 4. The predicted molar refractivity (Wildman–Crippen MR) is 101 cm³/mol. The Morgan fingerprint density at radius 2 is 1.65 bits per heavy atom. The van der Waals surface area contributed by atoms with Gasteiger partial charge in [0.1, 0.15) is 5.75 Å². The Morgan fingerprint density at radius 3 is 2.38 bits per heavy atom. The standard InChI is InChI=1S/C20H26N2O4/c1-24-18-10-9-16(15-19(18)25-2)11-13-22-20(23)21-12-6-14-26-17-7-4-3-5-8-17/h3-5,7-10,15H,6,11-14H2,1-2H3,(H2,21,22,23). The van der Waals surface area contributed by atoms with Crippen LogP contribution in [-0.2, 0) is 6.42 Å². The minimum absolute atomic E-state index is 0.176. The second-order valence-electron chi connectivity index (χ2n) is 5.64. The number of amides is 2. The van der Waals surface area contributed by atoms with Crippen molar-refractivity contribution < 1.29 is 19.0 Å². The van der Waals surface area contributed by atoms with Crippen molar-refractivity contribution in [3.05, 3.63) is 54.1 Å². The molecule has 0 heterocycles. The molecule has 0 spiro atoms. The second kappa shape index (κ2) is 10.9. The lowest BCUT2D eigenvalue weighted by Gasteiger charge is -2.11. The lowest BCUT2D eigenvalue weighted by atomic mass is 10.1. The van der Waals surface area contributed by atoms with Gasteiger partial charge < -0.3 is 24.8 Å². The van der Waals surface area contributed by atoms with E-state index in [2.05, 4.69) is 10.6 Å². The van der Waals surface area contributed by atoms with Crippen LogP contribution < -0.4 is 24.8 Å². The summed E-state index contributed by atoms with van der Waals surface area (Å²) in [7, 11) is 3.21. The summed E-state index contributed by atoms with van der Waals surface area (Å²) in [5.74, 6) is 2.22. The minimum atomic E-state index is -0.176. The lowest BCUT2D eigenvalue weighted by molar-refractivity contribution is 0.239. The molecule has 26 heavy (non-hydrogen) atoms. The Hall–Kier alpha value is -2.89. The van der Waals surface area contributed by atoms with Gasteiger partial charge in [0.25, 0.3) is 0 Å². The molecule has 0 aliphatic rings. The molecule has 6 heteroatoms. The zero-order valence-corrected chi connectivity index (χ0v) is 15.3. The summed E-state index contributed by atoms with van der Waals surface area (Å²) in [6, 6.07) is 15.2. The average Bonchev–Trinajstić information content (AvgIpc) is 2.68. The molecule has 2 aromatic rings. The van der Waals surface area contributed by atoms with Gasteiger partial charge in [-0.15, -0.1) is 0 Å². The molecule has 0 fully saturated rings. The summed E-state index contributed by atoms with van der Waals surface area (Å²) >= 11 is 0. The summed E-state index contributed by atoms with van der Waals surface area (Å²) in [6.45, 7) is 1.67. The first-order chi connectivity index (χ1) is 12.7. The van der Waals surface area contributed by atoms with Gasteiger partial charge in [0.15, 0.2) is 11.5 Å². The van der Waals surface area contributed by atoms with Gasteiger partial charge in [-0.2, -0.15) is 0 Å². The van der Waals surface area contributed by atoms with E-state index in [1.54, 1.807) is 14.2 Å². The van der Waals surface area contributed by atoms with Crippen molar-refractivity contribution in [3.8, 4) is 17.2 Å². The van der Waals surface area contributed by atoms with Gasteiger partial charge in [0.05, 0.1) is 20.8 Å². The van der Waals surface area contributed by atoms with Gasteiger partial charge in [-0.3, -0.25) is 0 Å². The van der Waals surface area contributed by atoms with Crippen molar-refractivity contribution in [3.63, 3.8) is 0 Å². The third-order valence-corrected chi connectivity index (χ3v) is 3.77. The van der Waals surface area contributed by atoms with Crippen molar-refractivity contribution >= 4 is 6.03 Å². The van der Waals surface area contributed by atoms with Crippen molar-refractivity contribution in [1.82, 2.24) is 10.6 Å². The molecule has 2 N–H and O–H groups in total. The number of carbonyl (C=O) groups excluding carboxylic acids is 1. The number of benzene rings is 2. The van der Waals surface area contributed by atoms with Gasteiger partial charge in [-0.1, -0.05) is 24.3 Å². The normalized spacial score (nSPS) is 10.1. The largest absolute Gasteiger partial charge is 0.494 e. The Kier molecular flexibility index (Phi) is 8.12. The van der Waals surface area contributed by atoms with Crippen LogP contribution in [0, 0.1) is 0 Å². The highest BCUT2D eigenvalue weighted by molar-refractivity contribution is 5.73. The highest BCUT2D eigenvalue weighted by Gasteiger charge is 2.05. The van der Waals surface area contributed by atoms with Crippen molar-refractivity contribution in [2.45, 2.75) is 12.8 Å². The average molecular weight is 358 g/mol. The van der Waals surface area contributed by atoms with E-state index in [0.29, 0.717) is 37.6 Å². The molecule has 2 rings (SSSR count). The molecule has 0 aromatic heterocycles. The van der Waals surface area contributed by atoms with Gasteiger partial charge in [-0.25, -0.2) is 4.79 Å². The highest BCUT2D eigenvalue weighted by Crippen LogP contribution is 2.27. The molecule has 0 aliphatic carbocycles. The summed E-state index contributed by atoms with van der Waals surface area (Å²) in [5, 5.41) is 5.66. The van der Waals surface area contributed by atoms with Crippen molar-refractivity contribution in [2.24, 2.45) is 0 Å². The third-order valence-electron chi connectivity index (χ3n) is 3.77. The number of urea groups is 1. The molecule has 0 saturated carbocycles. The van der Waals surface area contributed by atoms with Crippen LogP contribution >= 0.6 is 0 Å². The number of rotatable bonds is 10. The first kappa shape index (κ1) is 19.4. The quantitative estimate of drug-likeness (QED) is 0.641. The molecule has 2 amide bonds. The zero-order valence-electron chi connectivity index (χ0n) is 15.3. The Balaban J connectivity index is 1.59. The maximum absolute atomic E-state index is 11.8. The summed E-state index contributed by atoms with van der Waals surface area (Å²) < 4.78 is 16.1. The van der Waals surface area contributed by atoms with E-state index in [1.165, 1.54) is 0 Å². The second-order valence-corrected chi connectivity index (χ2v) is 5.64. The molecule has 2 aromatic carbocycles. The number of carbonyl (C=O) groups is 1. The minimum Gasteiger partial charge on any atom is -0.494 e. The van der Waals surface area contributed by atoms with Crippen LogP contribution in [-0.4, -0.2) is 39.9 Å². The first-order valence-electron chi connectivity index (χ1n) is 8.63. The van der Waals surface area contributed by atoms with Crippen LogP contribution in [0.4, 0.5) is 4.79 Å². The smallest absolute Gasteiger partial charge is 0.314 e. The Labute approximate surface area is 154 Å². The summed E-state index contributed by atoms with van der Waals surface area (Å²) in [4.78, 5) is 11.8. The summed E-state index contributed by atoms with van der Waals surface area (Å²) in [5.41, 5.74) is 1.07. The van der Waals surface area contributed by atoms with E-state index in [4.69, 9.17) is 14.2 Å². The first-order valence-corrected chi connectivity index (χ1v) is 8.63. The van der Waals surface area contributed by atoms with Crippen molar-refractivity contribution in [1.29, 1.82) is 0 Å². The fourth-order valence-corrected chi connectivity index (χ4v) is 2.40. The molecule has 0 saturated heterocycles. The molecular formula is C20H26N2O4. The van der Waals surface area contributed by atoms with Gasteiger partial charge in [0.2, 0.25) is 0 Å². The Morgan fingerprint density at radius 1 is 0.923 bits per heavy atom. The van der Waals surface area contributed by atoms with E-state index < -0.39 is 0 Å². The third kappa shape index (κ3) is 6.55. The number of methoxy groups -OCH3 is 2. The van der Waals surface area contributed by atoms with Crippen LogP contribution in [0.5, 0.6) is 17.2 Å². The van der Waals surface area contributed by atoms with E-state index in [1.807, 2.05) is 48.5 Å². The fourth-order valence-electron chi connectivity index (χ4n) is 2.40. The number of nitrogens with one attached hydrogen (secondary N) is 2. The van der Waals surface area contributed by atoms with E-state index >= 15 is 0 Å². The highest BCUT2D eigenvalue weighted by atomic mass is 16.5. The lowest BCUT2D eigenvalue weighted by Crippen LogP contribution is -2.37. The predicted octanol–water partition coefficient (Wildman–Crippen LogP) is 3.01. The maximum atomic E-state index is 11.8. The van der Waals surface area contributed by atoms with Crippen LogP contribution in [0.3, 0.4) is 0 Å². The molecule has 0 unspecified atom stereocenters. The van der Waals surface area contributed by atoms with Gasteiger partial charge in [-0.05, 0) is 42.7 Å². The molecule has 0 aliphatic heterocycles. The van der Waals surface area contributed by atoms with Gasteiger partial charge in [0, 0.05) is 13.1 Å². The fraction of sp³-hybridized carbons (Fsp3) is 0.350. The molecular weight excluding hydrogens is 332 g/mol. The number of ether oxygens (including phenoxy) is 3. The van der Waals surface area contributed by atoms with E-state index in [9.17, 15) is 4.79 Å². The van der Waals surface area contributed by atoms with Gasteiger partial charge >= 0.3 is 6.03 Å². The van der Waals surface area contributed by atoms with Crippen LogP contribution in [0.25, 0.3) is 0 Å². The van der Waals surface area contributed by atoms with Crippen LogP contribution in [0.1, 0.15) is 12.0 Å². The molecule has 0 radical (unpaired) electrons. The molecule has 6 nitrogen and oxygen atoms in total. The summed E-state index contributed by atoms with van der Waals surface area (Å²) in [6.07, 6.45) is 1.46. The maximum Gasteiger partial charge on any atom is 0.314 e.